The van der Waals surface area contributed by atoms with Crippen molar-refractivity contribution < 1.29 is 27.9 Å². The summed E-state index contributed by atoms with van der Waals surface area (Å²) in [5.74, 6) is -0.413. The Morgan fingerprint density at radius 3 is 2.33 bits per heavy atom. The third kappa shape index (κ3) is 9.23. The lowest BCUT2D eigenvalue weighted by atomic mass is 9.93. The summed E-state index contributed by atoms with van der Waals surface area (Å²) in [5, 5.41) is 12.1. The van der Waals surface area contributed by atoms with Gasteiger partial charge in [-0.3, -0.25) is 4.79 Å². The van der Waals surface area contributed by atoms with Crippen molar-refractivity contribution >= 4 is 33.5 Å². The minimum absolute atomic E-state index is 0.0906. The van der Waals surface area contributed by atoms with Gasteiger partial charge < -0.3 is 15.2 Å². The van der Waals surface area contributed by atoms with Crippen LogP contribution >= 0.6 is 11.8 Å². The maximum atomic E-state index is 13.3. The van der Waals surface area contributed by atoms with Crippen LogP contribution in [0.3, 0.4) is 0 Å². The Bertz CT molecular complexity index is 1380. The Kier molecular flexibility index (Phi) is 11.2. The first kappa shape index (κ1) is 30.4. The van der Waals surface area contributed by atoms with Crippen molar-refractivity contribution in [2.75, 3.05) is 23.5 Å². The van der Waals surface area contributed by atoms with E-state index in [4.69, 9.17) is 4.74 Å². The van der Waals surface area contributed by atoms with E-state index in [1.54, 1.807) is 23.9 Å². The second kappa shape index (κ2) is 14.3. The molecule has 7 nitrogen and oxygen atoms in total. The Balaban J connectivity index is 1.90. The molecule has 0 bridgehead atoms. The monoisotopic (exact) mass is 569 g/mol. The standard InChI is InChI=1S/C30H35NO6S2/c1-4-38-20-28(23-11-6-5-7-12-23)37-19-22-14-15-25(26(18-22)24-13-9-8-10-21(24)2)29(32)31-27(30(33)34)16-17-39(3,35)36/h5-15,18,27-28H,4,16-17,19-20H2,1-3H3,(H,31,32)(H,33,34)/t27-,28-/m0/s1. The second-order valence-corrected chi connectivity index (χ2v) is 12.9. The molecule has 0 unspecified atom stereocenters. The van der Waals surface area contributed by atoms with Crippen molar-refractivity contribution in [3.63, 3.8) is 0 Å². The summed E-state index contributed by atoms with van der Waals surface area (Å²) in [6, 6.07) is 21.8. The molecular formula is C30H35NO6S2. The summed E-state index contributed by atoms with van der Waals surface area (Å²) in [6.07, 6.45) is 0.725. The Morgan fingerprint density at radius 1 is 1.00 bits per heavy atom. The van der Waals surface area contributed by atoms with Crippen LogP contribution in [0, 0.1) is 6.92 Å². The molecule has 3 aromatic rings. The average molecular weight is 570 g/mol. The molecule has 2 atom stereocenters. The van der Waals surface area contributed by atoms with E-state index < -0.39 is 27.8 Å². The fourth-order valence-electron chi connectivity index (χ4n) is 4.13. The van der Waals surface area contributed by atoms with Crippen LogP contribution in [0.2, 0.25) is 0 Å². The zero-order valence-corrected chi connectivity index (χ0v) is 24.1. The SMILES string of the molecule is CCSC[C@H](OCc1ccc(C(=O)N[C@@H](CCS(C)(=O)=O)C(=O)O)c(-c2ccccc2C)c1)c1ccccc1. The van der Waals surface area contributed by atoms with E-state index in [2.05, 4.69) is 24.4 Å². The molecule has 0 radical (unpaired) electrons. The second-order valence-electron chi connectivity index (χ2n) is 9.35. The molecule has 208 valence electrons. The highest BCUT2D eigenvalue weighted by Gasteiger charge is 2.24. The molecule has 0 aromatic heterocycles. The van der Waals surface area contributed by atoms with Crippen LogP contribution in [0.1, 0.15) is 46.5 Å². The fraction of sp³-hybridized carbons (Fsp3) is 0.333. The lowest BCUT2D eigenvalue weighted by molar-refractivity contribution is -0.139. The highest BCUT2D eigenvalue weighted by molar-refractivity contribution is 7.99. The third-order valence-electron chi connectivity index (χ3n) is 6.24. The number of ether oxygens (including phenoxy) is 1. The van der Waals surface area contributed by atoms with Gasteiger partial charge in [0.15, 0.2) is 0 Å². The van der Waals surface area contributed by atoms with Gasteiger partial charge in [0.05, 0.1) is 18.5 Å². The van der Waals surface area contributed by atoms with Crippen LogP contribution in [-0.4, -0.2) is 55.0 Å². The first-order chi connectivity index (χ1) is 18.6. The van der Waals surface area contributed by atoms with Crippen molar-refractivity contribution in [2.24, 2.45) is 0 Å². The lowest BCUT2D eigenvalue weighted by Gasteiger charge is -2.20. The number of amides is 1. The van der Waals surface area contributed by atoms with Crippen molar-refractivity contribution in [2.45, 2.75) is 39.0 Å². The summed E-state index contributed by atoms with van der Waals surface area (Å²) in [6.45, 7) is 4.39. The molecule has 0 aliphatic carbocycles. The maximum absolute atomic E-state index is 13.3. The molecule has 0 aliphatic heterocycles. The van der Waals surface area contributed by atoms with Gasteiger partial charge in [0.2, 0.25) is 0 Å². The minimum Gasteiger partial charge on any atom is -0.480 e. The number of thioether (sulfide) groups is 1. The number of carbonyl (C=O) groups excluding carboxylic acids is 1. The predicted molar refractivity (Wildman–Crippen MR) is 157 cm³/mol. The van der Waals surface area contributed by atoms with Crippen molar-refractivity contribution in [1.82, 2.24) is 5.32 Å². The lowest BCUT2D eigenvalue weighted by Crippen LogP contribution is -2.42. The molecule has 9 heteroatoms. The van der Waals surface area contributed by atoms with Crippen molar-refractivity contribution in [1.29, 1.82) is 0 Å². The van der Waals surface area contributed by atoms with Gasteiger partial charge in [0.25, 0.3) is 5.91 Å². The number of carboxylic acids is 1. The van der Waals surface area contributed by atoms with Gasteiger partial charge in [-0.2, -0.15) is 11.8 Å². The van der Waals surface area contributed by atoms with Gasteiger partial charge in [-0.25, -0.2) is 13.2 Å². The van der Waals surface area contributed by atoms with Crippen LogP contribution in [0.25, 0.3) is 11.1 Å². The molecule has 0 spiro atoms. The first-order valence-electron chi connectivity index (χ1n) is 12.7. The maximum Gasteiger partial charge on any atom is 0.326 e. The van der Waals surface area contributed by atoms with Gasteiger partial charge in [-0.15, -0.1) is 0 Å². The van der Waals surface area contributed by atoms with Gasteiger partial charge in [-0.1, -0.05) is 67.6 Å². The minimum atomic E-state index is -3.39. The summed E-state index contributed by atoms with van der Waals surface area (Å²) in [4.78, 5) is 25.1. The summed E-state index contributed by atoms with van der Waals surface area (Å²) < 4.78 is 29.5. The van der Waals surface area contributed by atoms with E-state index >= 15 is 0 Å². The number of sulfone groups is 1. The van der Waals surface area contributed by atoms with Gasteiger partial charge in [-0.05, 0) is 59.0 Å². The molecule has 1 amide bonds. The van der Waals surface area contributed by atoms with Crippen LogP contribution in [0.5, 0.6) is 0 Å². The van der Waals surface area contributed by atoms with E-state index in [0.29, 0.717) is 17.7 Å². The summed E-state index contributed by atoms with van der Waals surface area (Å²) in [5.41, 5.74) is 4.73. The van der Waals surface area contributed by atoms with Gasteiger partial charge in [0.1, 0.15) is 15.9 Å². The molecule has 2 N–H and O–H groups in total. The van der Waals surface area contributed by atoms with Crippen molar-refractivity contribution in [3.05, 3.63) is 95.1 Å². The van der Waals surface area contributed by atoms with E-state index in [1.807, 2.05) is 55.5 Å². The smallest absolute Gasteiger partial charge is 0.326 e. The molecule has 0 saturated heterocycles. The molecule has 0 heterocycles. The van der Waals surface area contributed by atoms with Crippen LogP contribution in [-0.2, 0) is 26.0 Å². The van der Waals surface area contributed by atoms with E-state index in [-0.39, 0.29) is 18.3 Å². The largest absolute Gasteiger partial charge is 0.480 e. The molecule has 39 heavy (non-hydrogen) atoms. The molecule has 3 rings (SSSR count). The predicted octanol–water partition coefficient (Wildman–Crippen LogP) is 5.29. The summed E-state index contributed by atoms with van der Waals surface area (Å²) >= 11 is 1.80. The molecule has 0 aliphatic rings. The number of carbonyl (C=O) groups is 2. The number of benzene rings is 3. The number of rotatable bonds is 14. The number of hydrogen-bond donors (Lipinski definition) is 2. The van der Waals surface area contributed by atoms with Gasteiger partial charge >= 0.3 is 5.97 Å². The highest BCUT2D eigenvalue weighted by Crippen LogP contribution is 2.30. The average Bonchev–Trinajstić information content (AvgIpc) is 2.91. The Labute approximate surface area is 234 Å². The summed E-state index contributed by atoms with van der Waals surface area (Å²) in [7, 11) is -3.39. The quantitative estimate of drug-likeness (QED) is 0.271. The van der Waals surface area contributed by atoms with Crippen LogP contribution < -0.4 is 5.32 Å². The van der Waals surface area contributed by atoms with E-state index in [0.717, 1.165) is 40.0 Å². The Hall–Kier alpha value is -3.14. The fourth-order valence-corrected chi connectivity index (χ4v) is 5.53. The topological polar surface area (TPSA) is 110 Å². The number of aliphatic carboxylic acids is 1. The zero-order chi connectivity index (χ0) is 28.4. The molecule has 3 aromatic carbocycles. The number of hydrogen-bond acceptors (Lipinski definition) is 6. The highest BCUT2D eigenvalue weighted by atomic mass is 32.2. The number of carboxylic acid groups (broad SMARTS) is 1. The van der Waals surface area contributed by atoms with E-state index in [9.17, 15) is 23.1 Å². The first-order valence-corrected chi connectivity index (χ1v) is 15.9. The Morgan fingerprint density at radius 2 is 1.69 bits per heavy atom. The molecule has 0 fully saturated rings. The number of aryl methyl sites for hydroxylation is 1. The van der Waals surface area contributed by atoms with Crippen LogP contribution in [0.15, 0.2) is 72.8 Å². The molecular weight excluding hydrogens is 534 g/mol. The van der Waals surface area contributed by atoms with Crippen molar-refractivity contribution in [3.8, 4) is 11.1 Å². The normalized spacial score (nSPS) is 13.0. The zero-order valence-electron chi connectivity index (χ0n) is 22.4. The number of nitrogens with one attached hydrogen (secondary N) is 1. The van der Waals surface area contributed by atoms with Gasteiger partial charge in [0, 0.05) is 17.6 Å². The third-order valence-corrected chi connectivity index (χ3v) is 8.16. The molecule has 0 saturated carbocycles. The van der Waals surface area contributed by atoms with E-state index in [1.165, 1.54) is 0 Å². The van der Waals surface area contributed by atoms with Crippen LogP contribution in [0.4, 0.5) is 0 Å².